The van der Waals surface area contributed by atoms with E-state index in [0.29, 0.717) is 26.2 Å². The molecule has 1 aromatic rings. The number of nitrogens with zero attached hydrogens (tertiary/aromatic N) is 3. The standard InChI is InChI=1S/C18H28N4O3S/c1-20(2)26(24,25)22-12-16-8-9-17(13-22)21(11-16)14-18(23)19-10-15-6-4-3-5-7-15/h3-7,16-17H,8-14H2,1-2H3,(H,19,23)/t16-,17-/m0/s1. The molecule has 0 spiro atoms. The van der Waals surface area contributed by atoms with Gasteiger partial charge in [-0.1, -0.05) is 30.3 Å². The number of rotatable bonds is 6. The van der Waals surface area contributed by atoms with Crippen LogP contribution in [0, 0.1) is 5.92 Å². The van der Waals surface area contributed by atoms with Crippen LogP contribution < -0.4 is 5.32 Å². The fourth-order valence-electron chi connectivity index (χ4n) is 3.79. The minimum absolute atomic E-state index is 0.0107. The SMILES string of the molecule is CN(C)S(=O)(=O)N1C[C@H]2CC[C@@H](C1)N(CC(=O)NCc1ccccc1)C2. The maximum Gasteiger partial charge on any atom is 0.281 e. The van der Waals surface area contributed by atoms with Crippen molar-refractivity contribution in [3.05, 3.63) is 35.9 Å². The highest BCUT2D eigenvalue weighted by Crippen LogP contribution is 2.29. The molecule has 0 radical (unpaired) electrons. The summed E-state index contributed by atoms with van der Waals surface area (Å²) in [5.41, 5.74) is 1.07. The van der Waals surface area contributed by atoms with Gasteiger partial charge in [-0.05, 0) is 24.3 Å². The third kappa shape index (κ3) is 4.43. The smallest absolute Gasteiger partial charge is 0.281 e. The number of amides is 1. The zero-order chi connectivity index (χ0) is 18.7. The fraction of sp³-hybridized carbons (Fsp3) is 0.611. The van der Waals surface area contributed by atoms with Crippen LogP contribution in [0.5, 0.6) is 0 Å². The number of carbonyl (C=O) groups is 1. The summed E-state index contributed by atoms with van der Waals surface area (Å²) in [6.07, 6.45) is 1.96. The van der Waals surface area contributed by atoms with Crippen LogP contribution in [0.4, 0.5) is 0 Å². The minimum Gasteiger partial charge on any atom is -0.351 e. The second kappa shape index (κ2) is 8.04. The topological polar surface area (TPSA) is 73.0 Å². The van der Waals surface area contributed by atoms with Gasteiger partial charge < -0.3 is 5.32 Å². The summed E-state index contributed by atoms with van der Waals surface area (Å²) in [6.45, 7) is 2.62. The summed E-state index contributed by atoms with van der Waals surface area (Å²) in [7, 11) is -0.275. The lowest BCUT2D eigenvalue weighted by atomic mass is 9.95. The highest BCUT2D eigenvalue weighted by Gasteiger charge is 2.40. The van der Waals surface area contributed by atoms with E-state index < -0.39 is 10.2 Å². The van der Waals surface area contributed by atoms with E-state index in [0.717, 1.165) is 24.9 Å². The Balaban J connectivity index is 1.59. The molecule has 3 saturated heterocycles. The van der Waals surface area contributed by atoms with E-state index in [9.17, 15) is 13.2 Å². The number of piperidine rings is 1. The fourth-order valence-corrected chi connectivity index (χ4v) is 5.01. The Morgan fingerprint density at radius 3 is 2.58 bits per heavy atom. The number of hydrogen-bond acceptors (Lipinski definition) is 4. The molecule has 3 aliphatic rings. The zero-order valence-corrected chi connectivity index (χ0v) is 16.3. The van der Waals surface area contributed by atoms with Crippen molar-refractivity contribution in [3.8, 4) is 0 Å². The second-order valence-corrected chi connectivity index (χ2v) is 9.54. The molecule has 1 amide bonds. The van der Waals surface area contributed by atoms with Crippen LogP contribution in [0.25, 0.3) is 0 Å². The maximum atomic E-state index is 12.5. The Morgan fingerprint density at radius 1 is 1.15 bits per heavy atom. The predicted molar refractivity (Wildman–Crippen MR) is 101 cm³/mol. The monoisotopic (exact) mass is 380 g/mol. The van der Waals surface area contributed by atoms with Crippen molar-refractivity contribution in [2.24, 2.45) is 5.92 Å². The molecule has 7 nitrogen and oxygen atoms in total. The van der Waals surface area contributed by atoms with Gasteiger partial charge in [0.2, 0.25) is 5.91 Å². The summed E-state index contributed by atoms with van der Waals surface area (Å²) >= 11 is 0. The normalized spacial score (nSPS) is 24.6. The van der Waals surface area contributed by atoms with E-state index in [2.05, 4.69) is 10.2 Å². The van der Waals surface area contributed by atoms with Crippen LogP contribution in [-0.4, -0.2) is 74.2 Å². The molecule has 1 N–H and O–H groups in total. The van der Waals surface area contributed by atoms with Gasteiger partial charge in [0, 0.05) is 46.3 Å². The average molecular weight is 381 g/mol. The molecule has 3 aliphatic heterocycles. The van der Waals surface area contributed by atoms with Crippen molar-refractivity contribution in [1.29, 1.82) is 0 Å². The van der Waals surface area contributed by atoms with Crippen LogP contribution in [0.3, 0.4) is 0 Å². The van der Waals surface area contributed by atoms with E-state index in [-0.39, 0.29) is 17.9 Å². The quantitative estimate of drug-likeness (QED) is 0.780. The summed E-state index contributed by atoms with van der Waals surface area (Å²) in [6, 6.07) is 9.93. The van der Waals surface area contributed by atoms with Gasteiger partial charge in [0.25, 0.3) is 10.2 Å². The summed E-state index contributed by atoms with van der Waals surface area (Å²) in [5, 5.41) is 2.97. The number of hydrogen-bond donors (Lipinski definition) is 1. The lowest BCUT2D eigenvalue weighted by Gasteiger charge is -2.35. The molecule has 0 aliphatic carbocycles. The van der Waals surface area contributed by atoms with Gasteiger partial charge in [0.05, 0.1) is 6.54 Å². The molecule has 2 bridgehead atoms. The van der Waals surface area contributed by atoms with E-state index in [1.54, 1.807) is 18.4 Å². The predicted octanol–water partition coefficient (Wildman–Crippen LogP) is 0.505. The van der Waals surface area contributed by atoms with Crippen molar-refractivity contribution < 1.29 is 13.2 Å². The summed E-state index contributed by atoms with van der Waals surface area (Å²) in [4.78, 5) is 14.5. The van der Waals surface area contributed by atoms with Gasteiger partial charge in [0.1, 0.15) is 0 Å². The highest BCUT2D eigenvalue weighted by molar-refractivity contribution is 7.86. The lowest BCUT2D eigenvalue weighted by Crippen LogP contribution is -2.49. The zero-order valence-electron chi connectivity index (χ0n) is 15.5. The van der Waals surface area contributed by atoms with Crippen LogP contribution in [0.1, 0.15) is 18.4 Å². The van der Waals surface area contributed by atoms with Crippen LogP contribution in [0.2, 0.25) is 0 Å². The van der Waals surface area contributed by atoms with Crippen LogP contribution in [-0.2, 0) is 21.5 Å². The number of carbonyl (C=O) groups excluding carboxylic acids is 1. The first-order chi connectivity index (χ1) is 12.4. The molecule has 3 fully saturated rings. The molecule has 144 valence electrons. The van der Waals surface area contributed by atoms with E-state index in [4.69, 9.17) is 0 Å². The number of benzene rings is 1. The van der Waals surface area contributed by atoms with Crippen molar-refractivity contribution in [3.63, 3.8) is 0 Å². The minimum atomic E-state index is -3.41. The van der Waals surface area contributed by atoms with Gasteiger partial charge >= 0.3 is 0 Å². The van der Waals surface area contributed by atoms with Crippen molar-refractivity contribution in [1.82, 2.24) is 18.8 Å². The first-order valence-electron chi connectivity index (χ1n) is 9.08. The Morgan fingerprint density at radius 2 is 1.88 bits per heavy atom. The van der Waals surface area contributed by atoms with Gasteiger partial charge in [-0.25, -0.2) is 0 Å². The molecule has 0 aromatic heterocycles. The third-order valence-electron chi connectivity index (χ3n) is 5.26. The lowest BCUT2D eigenvalue weighted by molar-refractivity contribution is -0.123. The number of nitrogens with one attached hydrogen (secondary N) is 1. The van der Waals surface area contributed by atoms with Crippen molar-refractivity contribution >= 4 is 16.1 Å². The molecule has 4 rings (SSSR count). The van der Waals surface area contributed by atoms with Crippen LogP contribution in [0.15, 0.2) is 30.3 Å². The molecule has 1 aromatic carbocycles. The molecule has 3 heterocycles. The Kier molecular flexibility index (Phi) is 5.96. The van der Waals surface area contributed by atoms with Crippen molar-refractivity contribution in [2.45, 2.75) is 25.4 Å². The first-order valence-corrected chi connectivity index (χ1v) is 10.5. The van der Waals surface area contributed by atoms with E-state index >= 15 is 0 Å². The Hall–Kier alpha value is -1.48. The molecular weight excluding hydrogens is 352 g/mol. The van der Waals surface area contributed by atoms with Crippen molar-refractivity contribution in [2.75, 3.05) is 40.3 Å². The molecular formula is C18H28N4O3S. The Bertz CT molecular complexity index is 723. The van der Waals surface area contributed by atoms with E-state index in [1.807, 2.05) is 30.3 Å². The number of fused-ring (bicyclic) bond motifs is 4. The summed E-state index contributed by atoms with van der Waals surface area (Å²) in [5.74, 6) is 0.272. The highest BCUT2D eigenvalue weighted by atomic mass is 32.2. The molecule has 26 heavy (non-hydrogen) atoms. The van der Waals surface area contributed by atoms with Crippen LogP contribution >= 0.6 is 0 Å². The van der Waals surface area contributed by atoms with Gasteiger partial charge in [0.15, 0.2) is 0 Å². The first kappa shape index (κ1) is 19.3. The molecule has 0 saturated carbocycles. The maximum absolute atomic E-state index is 12.5. The molecule has 2 atom stereocenters. The van der Waals surface area contributed by atoms with Gasteiger partial charge in [-0.15, -0.1) is 0 Å². The largest absolute Gasteiger partial charge is 0.351 e. The molecule has 0 unspecified atom stereocenters. The third-order valence-corrected chi connectivity index (χ3v) is 7.13. The molecule has 8 heteroatoms. The summed E-state index contributed by atoms with van der Waals surface area (Å²) < 4.78 is 27.9. The van der Waals surface area contributed by atoms with Gasteiger partial charge in [-0.2, -0.15) is 17.0 Å². The van der Waals surface area contributed by atoms with E-state index in [1.165, 1.54) is 4.31 Å². The average Bonchev–Trinajstić information content (AvgIpc) is 2.93. The second-order valence-electron chi connectivity index (χ2n) is 7.40. The van der Waals surface area contributed by atoms with Gasteiger partial charge in [-0.3, -0.25) is 9.69 Å². The Labute approximate surface area is 156 Å².